The van der Waals surface area contributed by atoms with Gasteiger partial charge < -0.3 is 9.64 Å². The Labute approximate surface area is 110 Å². The third-order valence-electron chi connectivity index (χ3n) is 3.08. The van der Waals surface area contributed by atoms with E-state index in [1.165, 1.54) is 18.2 Å². The Bertz CT molecular complexity index is 501. The molecule has 0 aliphatic carbocycles. The van der Waals surface area contributed by atoms with Gasteiger partial charge in [0.25, 0.3) is 5.91 Å². The molecule has 6 heteroatoms. The summed E-state index contributed by atoms with van der Waals surface area (Å²) in [6.07, 6.45) is 1.82. The number of amides is 1. The Morgan fingerprint density at radius 1 is 1.42 bits per heavy atom. The van der Waals surface area contributed by atoms with Crippen LogP contribution in [0, 0.1) is 5.92 Å². The van der Waals surface area contributed by atoms with E-state index in [-0.39, 0.29) is 18.2 Å². The van der Waals surface area contributed by atoms with Crippen LogP contribution >= 0.6 is 0 Å². The Morgan fingerprint density at radius 2 is 2.21 bits per heavy atom. The molecule has 1 saturated heterocycles. The van der Waals surface area contributed by atoms with Gasteiger partial charge in [0.2, 0.25) is 0 Å². The predicted octanol–water partition coefficient (Wildman–Crippen LogP) is 0.286. The van der Waals surface area contributed by atoms with Crippen LogP contribution < -0.4 is 0 Å². The normalized spacial score (nSPS) is 19.1. The maximum atomic E-state index is 12.1. The van der Waals surface area contributed by atoms with Gasteiger partial charge in [-0.1, -0.05) is 6.07 Å². The van der Waals surface area contributed by atoms with E-state index in [2.05, 4.69) is 9.72 Å². The lowest BCUT2D eigenvalue weighted by Crippen LogP contribution is -2.46. The number of nitrogens with zero attached hydrogens (tertiary/aromatic N) is 2. The maximum absolute atomic E-state index is 12.1. The molecule has 6 nitrogen and oxygen atoms in total. The van der Waals surface area contributed by atoms with Crippen LogP contribution in [0.5, 0.6) is 0 Å². The Morgan fingerprint density at radius 3 is 2.79 bits per heavy atom. The topological polar surface area (TPSA) is 76.6 Å². The van der Waals surface area contributed by atoms with Crippen molar-refractivity contribution in [1.82, 2.24) is 9.88 Å². The summed E-state index contributed by atoms with van der Waals surface area (Å²) in [4.78, 5) is 40.6. The molecule has 19 heavy (non-hydrogen) atoms. The number of carbonyl (C=O) groups excluding carboxylic acids is 3. The largest absolute Gasteiger partial charge is 0.468 e. The first-order valence-corrected chi connectivity index (χ1v) is 5.94. The molecule has 1 atom stereocenters. The van der Waals surface area contributed by atoms with E-state index in [0.29, 0.717) is 18.7 Å². The van der Waals surface area contributed by atoms with Gasteiger partial charge in [0.05, 0.1) is 13.7 Å². The van der Waals surface area contributed by atoms with Crippen LogP contribution in [-0.2, 0) is 14.3 Å². The molecule has 0 radical (unpaired) electrons. The maximum Gasteiger partial charge on any atom is 0.316 e. The summed E-state index contributed by atoms with van der Waals surface area (Å²) >= 11 is 0. The minimum atomic E-state index is -0.752. The first kappa shape index (κ1) is 13.2. The number of pyridine rings is 1. The third-order valence-corrected chi connectivity index (χ3v) is 3.08. The van der Waals surface area contributed by atoms with Gasteiger partial charge >= 0.3 is 5.97 Å². The van der Waals surface area contributed by atoms with E-state index in [1.54, 1.807) is 18.2 Å². The quantitative estimate of drug-likeness (QED) is 0.565. The molecule has 2 heterocycles. The Balaban J connectivity index is 2.05. The molecule has 0 aromatic carbocycles. The van der Waals surface area contributed by atoms with Gasteiger partial charge in [0.1, 0.15) is 11.6 Å². The molecule has 1 aromatic heterocycles. The summed E-state index contributed by atoms with van der Waals surface area (Å²) in [5.74, 6) is -1.87. The highest BCUT2D eigenvalue weighted by Gasteiger charge is 2.35. The van der Waals surface area contributed by atoms with Crippen molar-refractivity contribution in [2.24, 2.45) is 5.92 Å². The zero-order valence-electron chi connectivity index (χ0n) is 10.5. The van der Waals surface area contributed by atoms with Crippen LogP contribution in [0.15, 0.2) is 24.4 Å². The molecule has 1 aromatic rings. The minimum absolute atomic E-state index is 0.0742. The second-order valence-corrected chi connectivity index (χ2v) is 4.27. The van der Waals surface area contributed by atoms with Crippen LogP contribution in [0.1, 0.15) is 16.9 Å². The molecule has 0 saturated carbocycles. The van der Waals surface area contributed by atoms with Crippen LogP contribution in [0.3, 0.4) is 0 Å². The molecule has 0 bridgehead atoms. The number of hydrogen-bond acceptors (Lipinski definition) is 5. The molecule has 0 N–H and O–H groups in total. The predicted molar refractivity (Wildman–Crippen MR) is 65.3 cm³/mol. The van der Waals surface area contributed by atoms with Gasteiger partial charge in [-0.3, -0.25) is 19.4 Å². The number of Topliss-reactive ketones (excluding diaryl/α,β-unsaturated/α-hetero) is 1. The number of ether oxygens (including phenoxy) is 1. The first-order valence-electron chi connectivity index (χ1n) is 5.94. The number of methoxy groups -OCH3 is 1. The van der Waals surface area contributed by atoms with Gasteiger partial charge in [-0.15, -0.1) is 0 Å². The fraction of sp³-hybridized carbons (Fsp3) is 0.385. The molecular formula is C13H14N2O4. The summed E-state index contributed by atoms with van der Waals surface area (Å²) < 4.78 is 4.56. The summed E-state index contributed by atoms with van der Waals surface area (Å²) in [6, 6.07) is 5.02. The molecule has 1 amide bonds. The monoisotopic (exact) mass is 262 g/mol. The van der Waals surface area contributed by atoms with E-state index >= 15 is 0 Å². The second kappa shape index (κ2) is 5.60. The van der Waals surface area contributed by atoms with Crippen LogP contribution in [-0.4, -0.2) is 47.7 Å². The van der Waals surface area contributed by atoms with Crippen molar-refractivity contribution in [2.45, 2.75) is 6.42 Å². The van der Waals surface area contributed by atoms with Gasteiger partial charge in [-0.05, 0) is 18.6 Å². The molecule has 2 rings (SSSR count). The zero-order chi connectivity index (χ0) is 13.8. The highest BCUT2D eigenvalue weighted by molar-refractivity contribution is 6.03. The SMILES string of the molecule is COC(=O)C1CCN(C(=O)c2ccccn2)CC1=O. The van der Waals surface area contributed by atoms with Crippen molar-refractivity contribution < 1.29 is 19.1 Å². The molecule has 0 spiro atoms. The summed E-state index contributed by atoms with van der Waals surface area (Å²) in [5.41, 5.74) is 0.298. The summed E-state index contributed by atoms with van der Waals surface area (Å²) in [5, 5.41) is 0. The number of carbonyl (C=O) groups is 3. The van der Waals surface area contributed by atoms with E-state index in [9.17, 15) is 14.4 Å². The van der Waals surface area contributed by atoms with E-state index < -0.39 is 11.9 Å². The zero-order valence-corrected chi connectivity index (χ0v) is 10.5. The number of ketones is 1. The smallest absolute Gasteiger partial charge is 0.316 e. The lowest BCUT2D eigenvalue weighted by Gasteiger charge is -2.29. The van der Waals surface area contributed by atoms with Crippen molar-refractivity contribution in [1.29, 1.82) is 0 Å². The van der Waals surface area contributed by atoms with E-state index in [0.717, 1.165) is 0 Å². The number of aromatic nitrogens is 1. The number of esters is 1. The van der Waals surface area contributed by atoms with E-state index in [4.69, 9.17) is 0 Å². The van der Waals surface area contributed by atoms with Gasteiger partial charge in [0, 0.05) is 12.7 Å². The molecule has 1 fully saturated rings. The fourth-order valence-corrected chi connectivity index (χ4v) is 2.04. The molecule has 1 aliphatic heterocycles. The Kier molecular flexibility index (Phi) is 3.89. The number of rotatable bonds is 2. The third kappa shape index (κ3) is 2.78. The number of likely N-dealkylation sites (tertiary alicyclic amines) is 1. The van der Waals surface area contributed by atoms with Crippen LogP contribution in [0.25, 0.3) is 0 Å². The van der Waals surface area contributed by atoms with Crippen molar-refractivity contribution in [3.8, 4) is 0 Å². The van der Waals surface area contributed by atoms with Crippen molar-refractivity contribution in [2.75, 3.05) is 20.2 Å². The highest BCUT2D eigenvalue weighted by atomic mass is 16.5. The van der Waals surface area contributed by atoms with Gasteiger partial charge in [-0.25, -0.2) is 0 Å². The van der Waals surface area contributed by atoms with Crippen molar-refractivity contribution in [3.05, 3.63) is 30.1 Å². The Hall–Kier alpha value is -2.24. The van der Waals surface area contributed by atoms with Gasteiger partial charge in [-0.2, -0.15) is 0 Å². The number of hydrogen-bond donors (Lipinski definition) is 0. The highest BCUT2D eigenvalue weighted by Crippen LogP contribution is 2.17. The van der Waals surface area contributed by atoms with Crippen LogP contribution in [0.4, 0.5) is 0 Å². The average molecular weight is 262 g/mol. The number of piperidine rings is 1. The van der Waals surface area contributed by atoms with Crippen molar-refractivity contribution >= 4 is 17.7 Å². The molecule has 1 unspecified atom stereocenters. The first-order chi connectivity index (χ1) is 9.13. The standard InChI is InChI=1S/C13H14N2O4/c1-19-13(18)9-5-7-15(8-11(9)16)12(17)10-4-2-3-6-14-10/h2-4,6,9H,5,7-8H2,1H3. The van der Waals surface area contributed by atoms with E-state index in [1.807, 2.05) is 0 Å². The lowest BCUT2D eigenvalue weighted by molar-refractivity contribution is -0.151. The summed E-state index contributed by atoms with van der Waals surface area (Å²) in [7, 11) is 1.25. The molecule has 100 valence electrons. The average Bonchev–Trinajstić information content (AvgIpc) is 2.46. The second-order valence-electron chi connectivity index (χ2n) is 4.27. The van der Waals surface area contributed by atoms with Gasteiger partial charge in [0.15, 0.2) is 5.78 Å². The lowest BCUT2D eigenvalue weighted by atomic mass is 9.95. The molecule has 1 aliphatic rings. The minimum Gasteiger partial charge on any atom is -0.468 e. The summed E-state index contributed by atoms with van der Waals surface area (Å²) in [6.45, 7) is 0.274. The fourth-order valence-electron chi connectivity index (χ4n) is 2.04. The van der Waals surface area contributed by atoms with Crippen LogP contribution in [0.2, 0.25) is 0 Å². The van der Waals surface area contributed by atoms with Crippen molar-refractivity contribution in [3.63, 3.8) is 0 Å². The molecular weight excluding hydrogens is 248 g/mol.